The molecule has 8 heteroatoms. The summed E-state index contributed by atoms with van der Waals surface area (Å²) in [7, 11) is 0. The molecule has 2 heterocycles. The van der Waals surface area contributed by atoms with Crippen molar-refractivity contribution in [3.63, 3.8) is 0 Å². The van der Waals surface area contributed by atoms with E-state index in [1.807, 2.05) is 30.3 Å². The molecule has 0 aliphatic heterocycles. The van der Waals surface area contributed by atoms with Gasteiger partial charge < -0.3 is 5.32 Å². The molecule has 27 heavy (non-hydrogen) atoms. The number of para-hydroxylation sites is 1. The number of rotatable bonds is 4. The van der Waals surface area contributed by atoms with Crippen LogP contribution in [0, 0.1) is 17.0 Å². The zero-order chi connectivity index (χ0) is 19.0. The zero-order valence-electron chi connectivity index (χ0n) is 14.2. The highest BCUT2D eigenvalue weighted by atomic mass is 32.1. The number of nitrogens with zero attached hydrogens (tertiary/aromatic N) is 3. The molecule has 4 rings (SSSR count). The van der Waals surface area contributed by atoms with Gasteiger partial charge in [0.1, 0.15) is 11.4 Å². The van der Waals surface area contributed by atoms with Gasteiger partial charge in [-0.3, -0.25) is 19.3 Å². The Bertz CT molecular complexity index is 1160. The maximum Gasteiger partial charge on any atom is 0.293 e. The second kappa shape index (κ2) is 6.65. The molecule has 0 atom stereocenters. The van der Waals surface area contributed by atoms with E-state index in [0.717, 1.165) is 11.3 Å². The predicted molar refractivity (Wildman–Crippen MR) is 104 cm³/mol. The van der Waals surface area contributed by atoms with E-state index in [9.17, 15) is 14.9 Å². The summed E-state index contributed by atoms with van der Waals surface area (Å²) in [6.45, 7) is 1.72. The summed E-state index contributed by atoms with van der Waals surface area (Å²) in [6.07, 6.45) is 1.79. The lowest BCUT2D eigenvalue weighted by Gasteiger charge is -2.08. The highest BCUT2D eigenvalue weighted by molar-refractivity contribution is 7.15. The van der Waals surface area contributed by atoms with Crippen LogP contribution in [0.15, 0.2) is 60.1 Å². The van der Waals surface area contributed by atoms with Crippen LogP contribution in [0.2, 0.25) is 0 Å². The van der Waals surface area contributed by atoms with E-state index < -0.39 is 10.8 Å². The zero-order valence-corrected chi connectivity index (χ0v) is 15.1. The van der Waals surface area contributed by atoms with E-state index in [2.05, 4.69) is 10.3 Å². The van der Waals surface area contributed by atoms with E-state index in [4.69, 9.17) is 0 Å². The van der Waals surface area contributed by atoms with Gasteiger partial charge in [-0.25, -0.2) is 4.98 Å². The summed E-state index contributed by atoms with van der Waals surface area (Å²) < 4.78 is 1.70. The first kappa shape index (κ1) is 16.9. The van der Waals surface area contributed by atoms with Crippen LogP contribution in [0.5, 0.6) is 0 Å². The van der Waals surface area contributed by atoms with Crippen LogP contribution in [0.3, 0.4) is 0 Å². The van der Waals surface area contributed by atoms with Gasteiger partial charge in [0, 0.05) is 23.2 Å². The number of imidazole rings is 1. The molecular formula is C19H14N4O3S. The molecular weight excluding hydrogens is 364 g/mol. The largest absolute Gasteiger partial charge is 0.315 e. The van der Waals surface area contributed by atoms with Crippen LogP contribution in [-0.4, -0.2) is 20.2 Å². The Morgan fingerprint density at radius 2 is 1.96 bits per heavy atom. The van der Waals surface area contributed by atoms with Gasteiger partial charge in [-0.15, -0.1) is 11.3 Å². The second-order valence-corrected chi connectivity index (χ2v) is 6.78. The lowest BCUT2D eigenvalue weighted by atomic mass is 10.1. The number of nitro groups is 1. The van der Waals surface area contributed by atoms with Crippen molar-refractivity contribution in [2.75, 3.05) is 5.32 Å². The number of hydrogen-bond acceptors (Lipinski definition) is 5. The Balaban J connectivity index is 1.70. The first-order chi connectivity index (χ1) is 13.0. The number of thiazole rings is 1. The van der Waals surface area contributed by atoms with Gasteiger partial charge in [0.25, 0.3) is 11.6 Å². The highest BCUT2D eigenvalue weighted by Crippen LogP contribution is 2.29. The smallest absolute Gasteiger partial charge is 0.293 e. The van der Waals surface area contributed by atoms with E-state index in [0.29, 0.717) is 16.2 Å². The molecule has 0 radical (unpaired) electrons. The summed E-state index contributed by atoms with van der Waals surface area (Å²) in [5.74, 6) is -0.421. The molecule has 0 aliphatic carbocycles. The van der Waals surface area contributed by atoms with Crippen LogP contribution in [-0.2, 0) is 0 Å². The summed E-state index contributed by atoms with van der Waals surface area (Å²) >= 11 is 1.34. The molecule has 2 aromatic carbocycles. The summed E-state index contributed by atoms with van der Waals surface area (Å²) in [5.41, 5.74) is 2.79. The van der Waals surface area contributed by atoms with Crippen LogP contribution in [0.4, 0.5) is 11.4 Å². The highest BCUT2D eigenvalue weighted by Gasteiger charge is 2.21. The minimum absolute atomic E-state index is 0.134. The Morgan fingerprint density at radius 1 is 1.19 bits per heavy atom. The monoisotopic (exact) mass is 378 g/mol. The van der Waals surface area contributed by atoms with Crippen molar-refractivity contribution in [3.05, 3.63) is 81.5 Å². The van der Waals surface area contributed by atoms with Gasteiger partial charge in [-0.2, -0.15) is 0 Å². The number of nitrogens with one attached hydrogen (secondary N) is 1. The molecule has 0 saturated heterocycles. The van der Waals surface area contributed by atoms with Crippen molar-refractivity contribution in [2.24, 2.45) is 0 Å². The van der Waals surface area contributed by atoms with Gasteiger partial charge in [-0.05, 0) is 12.5 Å². The number of nitro benzene ring substituents is 1. The number of carbonyl (C=O) groups is 1. The molecule has 4 aromatic rings. The molecule has 0 spiro atoms. The first-order valence-electron chi connectivity index (χ1n) is 8.12. The fraction of sp³-hybridized carbons (Fsp3) is 0.0526. The van der Waals surface area contributed by atoms with E-state index in [1.54, 1.807) is 35.0 Å². The second-order valence-electron chi connectivity index (χ2n) is 5.95. The van der Waals surface area contributed by atoms with Gasteiger partial charge in [0.05, 0.1) is 10.6 Å². The van der Waals surface area contributed by atoms with Crippen LogP contribution >= 0.6 is 11.3 Å². The van der Waals surface area contributed by atoms with E-state index >= 15 is 0 Å². The van der Waals surface area contributed by atoms with Crippen molar-refractivity contribution in [3.8, 4) is 11.3 Å². The van der Waals surface area contributed by atoms with Crippen LogP contribution in [0.1, 0.15) is 16.1 Å². The molecule has 2 aromatic heterocycles. The van der Waals surface area contributed by atoms with Crippen LogP contribution < -0.4 is 5.32 Å². The van der Waals surface area contributed by atoms with Gasteiger partial charge in [-0.1, -0.05) is 42.5 Å². The third kappa shape index (κ3) is 3.06. The van der Waals surface area contributed by atoms with E-state index in [1.165, 1.54) is 17.4 Å². The van der Waals surface area contributed by atoms with Gasteiger partial charge >= 0.3 is 0 Å². The SMILES string of the molecule is Cc1cccc([N+](=O)[O-])c1NC(=O)c1csc2nc(-c3ccccc3)cn12. The van der Waals surface area contributed by atoms with Crippen molar-refractivity contribution in [1.82, 2.24) is 9.38 Å². The van der Waals surface area contributed by atoms with Crippen molar-refractivity contribution in [2.45, 2.75) is 6.92 Å². The molecule has 0 fully saturated rings. The average Bonchev–Trinajstić information content (AvgIpc) is 3.24. The number of fused-ring (bicyclic) bond motifs is 1. The fourth-order valence-electron chi connectivity index (χ4n) is 2.84. The Labute approximate surface area is 158 Å². The van der Waals surface area contributed by atoms with Crippen LogP contribution in [0.25, 0.3) is 16.2 Å². The maximum absolute atomic E-state index is 12.8. The number of hydrogen-bond donors (Lipinski definition) is 1. The lowest BCUT2D eigenvalue weighted by Crippen LogP contribution is -2.15. The van der Waals surface area contributed by atoms with E-state index in [-0.39, 0.29) is 11.4 Å². The topological polar surface area (TPSA) is 89.5 Å². The molecule has 0 bridgehead atoms. The van der Waals surface area contributed by atoms with Crippen molar-refractivity contribution >= 4 is 33.6 Å². The standard InChI is InChI=1S/C19H14N4O3S/c1-12-6-5-9-15(23(25)26)17(12)21-18(24)16-11-27-19-20-14(10-22(16)19)13-7-3-2-4-8-13/h2-11H,1H3,(H,21,24). The third-order valence-electron chi connectivity index (χ3n) is 4.20. The maximum atomic E-state index is 12.8. The third-order valence-corrected chi connectivity index (χ3v) is 5.04. The molecule has 0 unspecified atom stereocenters. The number of carbonyl (C=O) groups excluding carboxylic acids is 1. The number of aromatic nitrogens is 2. The molecule has 1 amide bonds. The van der Waals surface area contributed by atoms with Gasteiger partial charge in [0.15, 0.2) is 4.96 Å². The Hall–Kier alpha value is -3.52. The average molecular weight is 378 g/mol. The van der Waals surface area contributed by atoms with Gasteiger partial charge in [0.2, 0.25) is 0 Å². The minimum Gasteiger partial charge on any atom is -0.315 e. The summed E-state index contributed by atoms with van der Waals surface area (Å²) in [4.78, 5) is 28.8. The first-order valence-corrected chi connectivity index (χ1v) is 9.00. The number of amides is 1. The Kier molecular flexibility index (Phi) is 4.17. The molecule has 7 nitrogen and oxygen atoms in total. The Morgan fingerprint density at radius 3 is 2.70 bits per heavy atom. The normalized spacial score (nSPS) is 10.9. The molecule has 134 valence electrons. The molecule has 0 aliphatic rings. The quantitative estimate of drug-likeness (QED) is 0.417. The van der Waals surface area contributed by atoms with Crippen molar-refractivity contribution < 1.29 is 9.72 Å². The number of anilines is 1. The van der Waals surface area contributed by atoms with Crippen molar-refractivity contribution in [1.29, 1.82) is 0 Å². The number of aryl methyl sites for hydroxylation is 1. The lowest BCUT2D eigenvalue weighted by molar-refractivity contribution is -0.384. The summed E-state index contributed by atoms with van der Waals surface area (Å²) in [6, 6.07) is 14.4. The molecule has 0 saturated carbocycles. The number of benzene rings is 2. The predicted octanol–water partition coefficient (Wildman–Crippen LogP) is 4.53. The fourth-order valence-corrected chi connectivity index (χ4v) is 3.69. The molecule has 1 N–H and O–H groups in total. The summed E-state index contributed by atoms with van der Waals surface area (Å²) in [5, 5.41) is 15.6. The minimum atomic E-state index is -0.503.